The summed E-state index contributed by atoms with van der Waals surface area (Å²) >= 11 is 12.1. The number of carbonyl (C=O) groups is 1. The first-order chi connectivity index (χ1) is 12.4. The van der Waals surface area contributed by atoms with Crippen LogP contribution in [-0.4, -0.2) is 37.1 Å². The highest BCUT2D eigenvalue weighted by atomic mass is 35.5. The SMILES string of the molecule is C=C/C(C(N)=O)=C(\C(C#N)=C(/C)N1CCOCC1)c1ccc(Cl)c(Cl)c1. The van der Waals surface area contributed by atoms with Crippen molar-refractivity contribution in [2.24, 2.45) is 5.73 Å². The zero-order chi connectivity index (χ0) is 19.3. The number of ether oxygens (including phenoxy) is 1. The van der Waals surface area contributed by atoms with Crippen LogP contribution in [0.15, 0.2) is 47.7 Å². The molecule has 1 fully saturated rings. The molecule has 1 aliphatic rings. The Bertz CT molecular complexity index is 832. The van der Waals surface area contributed by atoms with Gasteiger partial charge in [0, 0.05) is 29.9 Å². The van der Waals surface area contributed by atoms with Gasteiger partial charge in [0.1, 0.15) is 6.07 Å². The summed E-state index contributed by atoms with van der Waals surface area (Å²) in [5.41, 5.74) is 7.70. The van der Waals surface area contributed by atoms with E-state index in [-0.39, 0.29) is 5.57 Å². The minimum absolute atomic E-state index is 0.146. The van der Waals surface area contributed by atoms with E-state index in [1.165, 1.54) is 6.08 Å². The van der Waals surface area contributed by atoms with E-state index in [9.17, 15) is 10.1 Å². The summed E-state index contributed by atoms with van der Waals surface area (Å²) in [4.78, 5) is 14.0. The number of nitriles is 1. The molecule has 2 N–H and O–H groups in total. The molecule has 5 nitrogen and oxygen atoms in total. The van der Waals surface area contributed by atoms with Gasteiger partial charge in [0.25, 0.3) is 0 Å². The summed E-state index contributed by atoms with van der Waals surface area (Å²) in [7, 11) is 0. The van der Waals surface area contributed by atoms with Gasteiger partial charge in [-0.05, 0) is 24.6 Å². The summed E-state index contributed by atoms with van der Waals surface area (Å²) in [5, 5.41) is 10.6. The van der Waals surface area contributed by atoms with Crippen LogP contribution in [0.5, 0.6) is 0 Å². The number of halogens is 2. The average Bonchev–Trinajstić information content (AvgIpc) is 2.64. The Kier molecular flexibility index (Phi) is 6.87. The summed E-state index contributed by atoms with van der Waals surface area (Å²) in [6.45, 7) is 7.98. The predicted molar refractivity (Wildman–Crippen MR) is 103 cm³/mol. The van der Waals surface area contributed by atoms with Gasteiger partial charge in [-0.3, -0.25) is 4.79 Å². The maximum absolute atomic E-state index is 12.0. The molecule has 0 radical (unpaired) electrons. The first kappa shape index (κ1) is 20.1. The fourth-order valence-corrected chi connectivity index (χ4v) is 3.08. The van der Waals surface area contributed by atoms with E-state index in [0.717, 1.165) is 5.70 Å². The number of hydrogen-bond donors (Lipinski definition) is 1. The van der Waals surface area contributed by atoms with Crippen LogP contribution in [0.3, 0.4) is 0 Å². The Morgan fingerprint density at radius 3 is 2.50 bits per heavy atom. The molecular formula is C19H19Cl2N3O2. The van der Waals surface area contributed by atoms with E-state index >= 15 is 0 Å². The van der Waals surface area contributed by atoms with Crippen LogP contribution < -0.4 is 5.73 Å². The third-order valence-electron chi connectivity index (χ3n) is 4.16. The quantitative estimate of drug-likeness (QED) is 0.472. The van der Waals surface area contributed by atoms with E-state index in [4.69, 9.17) is 33.7 Å². The van der Waals surface area contributed by atoms with Crippen molar-refractivity contribution in [2.75, 3.05) is 26.3 Å². The van der Waals surface area contributed by atoms with Gasteiger partial charge in [0.05, 0.1) is 28.8 Å². The first-order valence-corrected chi connectivity index (χ1v) is 8.72. The van der Waals surface area contributed by atoms with Gasteiger partial charge in [-0.25, -0.2) is 0 Å². The molecule has 1 aromatic rings. The second-order valence-corrected chi connectivity index (χ2v) is 6.47. The molecule has 1 saturated heterocycles. The number of carbonyl (C=O) groups excluding carboxylic acids is 1. The third kappa shape index (κ3) is 4.28. The molecule has 1 aromatic carbocycles. The van der Waals surface area contributed by atoms with E-state index < -0.39 is 5.91 Å². The summed E-state index contributed by atoms with van der Waals surface area (Å²) in [6.07, 6.45) is 1.35. The number of hydrogen-bond acceptors (Lipinski definition) is 4. The number of primary amides is 1. The maximum atomic E-state index is 12.0. The van der Waals surface area contributed by atoms with Crippen LogP contribution in [0.1, 0.15) is 12.5 Å². The Hall–Kier alpha value is -2.26. The molecular weight excluding hydrogens is 373 g/mol. The molecule has 2 rings (SSSR count). The lowest BCUT2D eigenvalue weighted by Gasteiger charge is -2.30. The molecule has 26 heavy (non-hydrogen) atoms. The number of morpholine rings is 1. The lowest BCUT2D eigenvalue weighted by atomic mass is 9.91. The second kappa shape index (κ2) is 8.91. The number of amides is 1. The lowest BCUT2D eigenvalue weighted by molar-refractivity contribution is -0.114. The van der Waals surface area contributed by atoms with E-state index in [1.807, 2.05) is 11.8 Å². The Balaban J connectivity index is 2.73. The summed E-state index contributed by atoms with van der Waals surface area (Å²) < 4.78 is 5.36. The molecule has 7 heteroatoms. The van der Waals surface area contributed by atoms with Gasteiger partial charge in [0.15, 0.2) is 0 Å². The van der Waals surface area contributed by atoms with E-state index in [2.05, 4.69) is 12.6 Å². The molecule has 0 saturated carbocycles. The second-order valence-electron chi connectivity index (χ2n) is 5.66. The van der Waals surface area contributed by atoms with Crippen molar-refractivity contribution in [1.29, 1.82) is 5.26 Å². The summed E-state index contributed by atoms with van der Waals surface area (Å²) in [5.74, 6) is -0.677. The fourth-order valence-electron chi connectivity index (χ4n) is 2.79. The molecule has 0 spiro atoms. The van der Waals surface area contributed by atoms with Crippen LogP contribution in [0.25, 0.3) is 5.57 Å². The number of allylic oxidation sites excluding steroid dienone is 3. The number of rotatable bonds is 5. The first-order valence-electron chi connectivity index (χ1n) is 7.96. The van der Waals surface area contributed by atoms with Crippen LogP contribution in [0.4, 0.5) is 0 Å². The van der Waals surface area contributed by atoms with Crippen molar-refractivity contribution < 1.29 is 9.53 Å². The van der Waals surface area contributed by atoms with Crippen LogP contribution in [0, 0.1) is 11.3 Å². The van der Waals surface area contributed by atoms with Gasteiger partial charge in [-0.1, -0.05) is 41.9 Å². The highest BCUT2D eigenvalue weighted by molar-refractivity contribution is 6.42. The van der Waals surface area contributed by atoms with Gasteiger partial charge in [0.2, 0.25) is 5.91 Å². The monoisotopic (exact) mass is 391 g/mol. The van der Waals surface area contributed by atoms with Crippen LogP contribution >= 0.6 is 23.2 Å². The molecule has 0 bridgehead atoms. The number of nitrogens with two attached hydrogens (primary N) is 1. The smallest absolute Gasteiger partial charge is 0.249 e. The Morgan fingerprint density at radius 1 is 1.35 bits per heavy atom. The van der Waals surface area contributed by atoms with Gasteiger partial charge in [-0.2, -0.15) is 5.26 Å². The molecule has 0 unspecified atom stereocenters. The van der Waals surface area contributed by atoms with Crippen molar-refractivity contribution in [3.05, 3.63) is 63.3 Å². The highest BCUT2D eigenvalue weighted by Gasteiger charge is 2.22. The maximum Gasteiger partial charge on any atom is 0.249 e. The van der Waals surface area contributed by atoms with Crippen molar-refractivity contribution in [3.8, 4) is 6.07 Å². The largest absolute Gasteiger partial charge is 0.378 e. The molecule has 1 aliphatic heterocycles. The molecule has 1 amide bonds. The number of nitrogens with zero attached hydrogens (tertiary/aromatic N) is 2. The van der Waals surface area contributed by atoms with Gasteiger partial charge in [-0.15, -0.1) is 0 Å². The Morgan fingerprint density at radius 2 is 2.00 bits per heavy atom. The van der Waals surface area contributed by atoms with Crippen molar-refractivity contribution in [3.63, 3.8) is 0 Å². The lowest BCUT2D eigenvalue weighted by Crippen LogP contribution is -2.35. The molecule has 136 valence electrons. The minimum atomic E-state index is -0.677. The fraction of sp³-hybridized carbons (Fsp3) is 0.263. The topological polar surface area (TPSA) is 79.3 Å². The van der Waals surface area contributed by atoms with Crippen molar-refractivity contribution >= 4 is 34.7 Å². The number of benzene rings is 1. The molecule has 0 aliphatic carbocycles. The zero-order valence-corrected chi connectivity index (χ0v) is 15.9. The van der Waals surface area contributed by atoms with Gasteiger partial charge < -0.3 is 15.4 Å². The predicted octanol–water partition coefficient (Wildman–Crippen LogP) is 3.55. The molecule has 0 atom stereocenters. The summed E-state index contributed by atoms with van der Waals surface area (Å²) in [6, 6.07) is 7.12. The molecule has 1 heterocycles. The normalized spacial score (nSPS) is 16.3. The highest BCUT2D eigenvalue weighted by Crippen LogP contribution is 2.34. The van der Waals surface area contributed by atoms with Crippen LogP contribution in [0.2, 0.25) is 10.0 Å². The standard InChI is InChI=1S/C19H19Cl2N3O2/c1-3-14(19(23)25)18(13-4-5-16(20)17(21)10-13)15(11-22)12(2)24-6-8-26-9-7-24/h3-5,10H,1,6-9H2,2H3,(H2,23,25)/b15-12+,18-14+. The van der Waals surface area contributed by atoms with E-state index in [0.29, 0.717) is 53.1 Å². The third-order valence-corrected chi connectivity index (χ3v) is 4.90. The van der Waals surface area contributed by atoms with Crippen molar-refractivity contribution in [1.82, 2.24) is 4.90 Å². The van der Waals surface area contributed by atoms with Crippen molar-refractivity contribution in [2.45, 2.75) is 6.92 Å². The molecule has 0 aromatic heterocycles. The minimum Gasteiger partial charge on any atom is -0.378 e. The zero-order valence-electron chi connectivity index (χ0n) is 14.4. The Labute approximate surface area is 162 Å². The van der Waals surface area contributed by atoms with Gasteiger partial charge >= 0.3 is 0 Å². The van der Waals surface area contributed by atoms with E-state index in [1.54, 1.807) is 18.2 Å². The van der Waals surface area contributed by atoms with Crippen LogP contribution in [-0.2, 0) is 9.53 Å². The average molecular weight is 392 g/mol.